The smallest absolute Gasteiger partial charge is 0.253 e. The molecule has 4 fully saturated rings. The van der Waals surface area contributed by atoms with E-state index in [4.69, 9.17) is 0 Å². The average Bonchev–Trinajstić information content (AvgIpc) is 3.00. The van der Waals surface area contributed by atoms with Crippen molar-refractivity contribution in [1.82, 2.24) is 14.9 Å². The maximum absolute atomic E-state index is 13.3. The Kier molecular flexibility index (Phi) is 4.25. The summed E-state index contributed by atoms with van der Waals surface area (Å²) in [6.07, 6.45) is 17.1. The van der Waals surface area contributed by atoms with Gasteiger partial charge in [-0.15, -0.1) is 0 Å². The van der Waals surface area contributed by atoms with E-state index in [9.17, 15) is 4.79 Å². The van der Waals surface area contributed by atoms with Crippen molar-refractivity contribution >= 4 is 16.8 Å². The summed E-state index contributed by atoms with van der Waals surface area (Å²) in [5.41, 5.74) is 2.01. The van der Waals surface area contributed by atoms with Gasteiger partial charge in [-0.2, -0.15) is 0 Å². The van der Waals surface area contributed by atoms with Crippen LogP contribution >= 0.6 is 0 Å². The van der Waals surface area contributed by atoms with Crippen molar-refractivity contribution in [2.75, 3.05) is 0 Å². The third kappa shape index (κ3) is 3.07. The topological polar surface area (TPSA) is 46.9 Å². The first-order valence-corrected chi connectivity index (χ1v) is 10.9. The number of unbranched alkanes of at least 4 members (excludes halogenated alkanes) is 2. The number of pyridine rings is 1. The van der Waals surface area contributed by atoms with E-state index in [1.165, 1.54) is 51.4 Å². The zero-order valence-corrected chi connectivity index (χ0v) is 16.4. The van der Waals surface area contributed by atoms with Gasteiger partial charge in [0.1, 0.15) is 0 Å². The number of rotatable bonds is 6. The first-order chi connectivity index (χ1) is 13.2. The van der Waals surface area contributed by atoms with Gasteiger partial charge in [0, 0.05) is 36.1 Å². The predicted octanol–water partition coefficient (Wildman–Crippen LogP) is 4.93. The highest BCUT2D eigenvalue weighted by molar-refractivity contribution is 6.07. The van der Waals surface area contributed by atoms with Crippen LogP contribution in [-0.4, -0.2) is 21.0 Å². The van der Waals surface area contributed by atoms with E-state index in [0.29, 0.717) is 0 Å². The molecule has 4 heteroatoms. The molecule has 0 aromatic carbocycles. The van der Waals surface area contributed by atoms with E-state index < -0.39 is 0 Å². The van der Waals surface area contributed by atoms with Crippen LogP contribution in [0.15, 0.2) is 24.7 Å². The Bertz CT molecular complexity index is 817. The molecule has 4 aliphatic carbocycles. The van der Waals surface area contributed by atoms with Crippen molar-refractivity contribution in [3.63, 3.8) is 0 Å². The van der Waals surface area contributed by atoms with E-state index in [-0.39, 0.29) is 11.4 Å². The van der Waals surface area contributed by atoms with E-state index in [1.54, 1.807) is 0 Å². The lowest BCUT2D eigenvalue weighted by molar-refractivity contribution is -0.0166. The molecule has 144 valence electrons. The summed E-state index contributed by atoms with van der Waals surface area (Å²) in [7, 11) is 0. The summed E-state index contributed by atoms with van der Waals surface area (Å²) in [4.78, 5) is 17.6. The summed E-state index contributed by atoms with van der Waals surface area (Å²) in [6, 6.07) is 2.04. The van der Waals surface area contributed by atoms with Crippen LogP contribution < -0.4 is 5.32 Å². The molecule has 4 bridgehead atoms. The Hall–Kier alpha value is -1.84. The molecule has 0 saturated heterocycles. The third-order valence-electron chi connectivity index (χ3n) is 7.35. The van der Waals surface area contributed by atoms with Crippen molar-refractivity contribution in [2.45, 2.75) is 76.8 Å². The molecule has 2 aromatic rings. The number of carbonyl (C=O) groups is 1. The van der Waals surface area contributed by atoms with Crippen molar-refractivity contribution < 1.29 is 4.79 Å². The largest absolute Gasteiger partial charge is 0.347 e. The van der Waals surface area contributed by atoms with Crippen LogP contribution in [-0.2, 0) is 6.54 Å². The lowest BCUT2D eigenvalue weighted by atomic mass is 9.53. The molecule has 1 N–H and O–H groups in total. The van der Waals surface area contributed by atoms with Crippen molar-refractivity contribution in [3.05, 3.63) is 30.2 Å². The van der Waals surface area contributed by atoms with Crippen LogP contribution in [0.3, 0.4) is 0 Å². The van der Waals surface area contributed by atoms with E-state index in [2.05, 4.69) is 28.0 Å². The van der Waals surface area contributed by atoms with Gasteiger partial charge in [0.2, 0.25) is 0 Å². The van der Waals surface area contributed by atoms with Gasteiger partial charge in [-0.3, -0.25) is 9.78 Å². The van der Waals surface area contributed by atoms with Gasteiger partial charge in [-0.05, 0) is 68.8 Å². The maximum atomic E-state index is 13.3. The van der Waals surface area contributed by atoms with Crippen LogP contribution in [0.25, 0.3) is 10.9 Å². The number of aromatic nitrogens is 2. The van der Waals surface area contributed by atoms with E-state index >= 15 is 0 Å². The lowest BCUT2D eigenvalue weighted by Gasteiger charge is -2.56. The molecule has 4 saturated carbocycles. The second kappa shape index (κ2) is 6.65. The molecular formula is C23H31N3O. The number of amides is 1. The minimum absolute atomic E-state index is 0.0602. The Morgan fingerprint density at radius 2 is 1.89 bits per heavy atom. The van der Waals surface area contributed by atoms with Crippen LogP contribution in [0.2, 0.25) is 0 Å². The van der Waals surface area contributed by atoms with E-state index in [0.717, 1.165) is 47.2 Å². The van der Waals surface area contributed by atoms with Gasteiger partial charge < -0.3 is 9.88 Å². The van der Waals surface area contributed by atoms with Gasteiger partial charge >= 0.3 is 0 Å². The molecule has 0 aliphatic heterocycles. The first-order valence-electron chi connectivity index (χ1n) is 10.9. The fraction of sp³-hybridized carbons (Fsp3) is 0.652. The molecule has 4 nitrogen and oxygen atoms in total. The van der Waals surface area contributed by atoms with Crippen LogP contribution in [0, 0.1) is 17.8 Å². The maximum Gasteiger partial charge on any atom is 0.253 e. The molecule has 0 atom stereocenters. The molecule has 6 rings (SSSR count). The molecule has 4 aliphatic rings. The number of hydrogen-bond donors (Lipinski definition) is 1. The molecule has 0 radical (unpaired) electrons. The molecule has 0 spiro atoms. The van der Waals surface area contributed by atoms with Crippen LogP contribution in [0.5, 0.6) is 0 Å². The Balaban J connectivity index is 1.41. The van der Waals surface area contributed by atoms with E-state index in [1.807, 2.05) is 18.5 Å². The monoisotopic (exact) mass is 365 g/mol. The number of hydrogen-bond acceptors (Lipinski definition) is 2. The summed E-state index contributed by atoms with van der Waals surface area (Å²) in [5, 5.41) is 4.53. The van der Waals surface area contributed by atoms with Crippen LogP contribution in [0.4, 0.5) is 0 Å². The molecule has 27 heavy (non-hydrogen) atoms. The predicted molar refractivity (Wildman–Crippen MR) is 108 cm³/mol. The number of nitrogens with zero attached hydrogens (tertiary/aromatic N) is 2. The Labute approximate surface area is 161 Å². The standard InChI is InChI=1S/C23H31N3O/c1-2-3-4-7-26-15-20(19-14-24-6-5-21(19)26)22(27)25-23-11-16-8-17(12-23)10-18(9-16)13-23/h5-6,14-18H,2-4,7-13H2,1H3,(H,25,27). The van der Waals surface area contributed by atoms with Crippen molar-refractivity contribution in [2.24, 2.45) is 17.8 Å². The highest BCUT2D eigenvalue weighted by Crippen LogP contribution is 2.55. The lowest BCUT2D eigenvalue weighted by Crippen LogP contribution is -2.59. The van der Waals surface area contributed by atoms with Crippen molar-refractivity contribution in [3.8, 4) is 0 Å². The Morgan fingerprint density at radius 3 is 2.56 bits per heavy atom. The van der Waals surface area contributed by atoms with Gasteiger partial charge in [0.25, 0.3) is 5.91 Å². The third-order valence-corrected chi connectivity index (χ3v) is 7.35. The SMILES string of the molecule is CCCCCn1cc(C(=O)NC23CC4CC(CC(C4)C2)C3)c2cnccc21. The number of fused-ring (bicyclic) bond motifs is 1. The first kappa shape index (κ1) is 17.3. The minimum atomic E-state index is 0.0602. The normalized spacial score (nSPS) is 31.5. The quantitative estimate of drug-likeness (QED) is 0.738. The second-order valence-electron chi connectivity index (χ2n) is 9.49. The fourth-order valence-electron chi connectivity index (χ4n) is 6.61. The number of aryl methyl sites for hydroxylation is 1. The zero-order chi connectivity index (χ0) is 18.4. The summed E-state index contributed by atoms with van der Waals surface area (Å²) in [5.74, 6) is 2.64. The molecule has 1 amide bonds. The summed E-state index contributed by atoms with van der Waals surface area (Å²) >= 11 is 0. The zero-order valence-electron chi connectivity index (χ0n) is 16.4. The summed E-state index contributed by atoms with van der Waals surface area (Å²) < 4.78 is 2.25. The van der Waals surface area contributed by atoms with Gasteiger partial charge in [0.05, 0.1) is 11.1 Å². The fourth-order valence-corrected chi connectivity index (χ4v) is 6.61. The molecule has 0 unspecified atom stereocenters. The second-order valence-corrected chi connectivity index (χ2v) is 9.49. The molecule has 2 aromatic heterocycles. The number of carbonyl (C=O) groups excluding carboxylic acids is 1. The van der Waals surface area contributed by atoms with Crippen LogP contribution in [0.1, 0.15) is 75.1 Å². The van der Waals surface area contributed by atoms with Gasteiger partial charge in [0.15, 0.2) is 0 Å². The van der Waals surface area contributed by atoms with Gasteiger partial charge in [-0.1, -0.05) is 19.8 Å². The molecular weight excluding hydrogens is 334 g/mol. The minimum Gasteiger partial charge on any atom is -0.347 e. The number of nitrogens with one attached hydrogen (secondary N) is 1. The summed E-state index contributed by atoms with van der Waals surface area (Å²) in [6.45, 7) is 3.20. The Morgan fingerprint density at radius 1 is 1.19 bits per heavy atom. The highest BCUT2D eigenvalue weighted by atomic mass is 16.1. The van der Waals surface area contributed by atoms with Gasteiger partial charge in [-0.25, -0.2) is 0 Å². The average molecular weight is 366 g/mol. The highest BCUT2D eigenvalue weighted by Gasteiger charge is 2.51. The van der Waals surface area contributed by atoms with Crippen molar-refractivity contribution in [1.29, 1.82) is 0 Å². The molecule has 2 heterocycles.